The smallest absolute Gasteiger partial charge is 0.0526 e. The van der Waals surface area contributed by atoms with Gasteiger partial charge in [-0.15, -0.1) is 0 Å². The van der Waals surface area contributed by atoms with Gasteiger partial charge in [0.25, 0.3) is 0 Å². The van der Waals surface area contributed by atoms with Gasteiger partial charge in [-0.05, 0) is 39.6 Å². The molecule has 0 aliphatic heterocycles. The molecule has 0 heterocycles. The lowest BCUT2D eigenvalue weighted by Gasteiger charge is -2.18. The molecule has 4 aromatic rings. The van der Waals surface area contributed by atoms with Gasteiger partial charge in [0.2, 0.25) is 0 Å². The molecule has 0 saturated carbocycles. The second-order valence-corrected chi connectivity index (χ2v) is 7.22. The Hall–Kier alpha value is -2.78. The Kier molecular flexibility index (Phi) is 4.89. The Labute approximate surface area is 158 Å². The molecule has 0 atom stereocenters. The first-order chi connectivity index (χ1) is 12.8. The molecule has 0 spiro atoms. The fraction of sp³-hybridized carbons (Fsp3) is 0.0870. The van der Waals surface area contributed by atoms with Crippen LogP contribution in [0.15, 0.2) is 94.9 Å². The second-order valence-electron chi connectivity index (χ2n) is 6.17. The predicted octanol–water partition coefficient (Wildman–Crippen LogP) is 6.16. The van der Waals surface area contributed by atoms with Gasteiger partial charge in [-0.1, -0.05) is 78.9 Å². The largest absolute Gasteiger partial charge is 0.234 e. The van der Waals surface area contributed by atoms with Gasteiger partial charge in [0.15, 0.2) is 0 Å². The van der Waals surface area contributed by atoms with Crippen LogP contribution >= 0.6 is 11.9 Å². The monoisotopic (exact) mass is 356 g/mol. The summed E-state index contributed by atoms with van der Waals surface area (Å²) in [6.07, 6.45) is 0.929. The number of hydrazone groups is 1. The molecule has 0 N–H and O–H groups in total. The molecule has 0 bridgehead atoms. The van der Waals surface area contributed by atoms with E-state index in [-0.39, 0.29) is 0 Å². The zero-order valence-corrected chi connectivity index (χ0v) is 15.3. The zero-order valence-electron chi connectivity index (χ0n) is 14.5. The number of nitrogens with zero attached hydrogens (tertiary/aromatic N) is 2. The Morgan fingerprint density at radius 1 is 0.731 bits per heavy atom. The fourth-order valence-corrected chi connectivity index (χ4v) is 4.15. The van der Waals surface area contributed by atoms with Crippen LogP contribution in [-0.4, -0.2) is 17.7 Å². The summed E-state index contributed by atoms with van der Waals surface area (Å²) in [5.74, 6) is 0. The molecule has 0 unspecified atom stereocenters. The minimum atomic E-state index is 0.811. The molecule has 4 rings (SSSR count). The van der Waals surface area contributed by atoms with Gasteiger partial charge in [-0.25, -0.2) is 4.41 Å². The van der Waals surface area contributed by atoms with Crippen LogP contribution < -0.4 is 0 Å². The van der Waals surface area contributed by atoms with E-state index in [2.05, 4.69) is 96.7 Å². The summed E-state index contributed by atoms with van der Waals surface area (Å²) in [4.78, 5) is 1.20. The SMILES string of the molecule is C=NN(CCc1cccc2ccccc12)Sc1cccc2ccccc12. The lowest BCUT2D eigenvalue weighted by Crippen LogP contribution is -2.12. The van der Waals surface area contributed by atoms with Crippen LogP contribution in [0.5, 0.6) is 0 Å². The van der Waals surface area contributed by atoms with Gasteiger partial charge in [0.05, 0.1) is 6.54 Å². The van der Waals surface area contributed by atoms with Gasteiger partial charge < -0.3 is 0 Å². The maximum absolute atomic E-state index is 4.23. The number of hydrogen-bond donors (Lipinski definition) is 0. The Balaban J connectivity index is 1.54. The lowest BCUT2D eigenvalue weighted by molar-refractivity contribution is 0.511. The standard InChI is InChI=1S/C23H20N2S/c1-24-25(26-23-15-7-12-19-9-3-5-14-22(19)23)17-16-20-11-6-10-18-8-2-4-13-21(18)20/h2-15H,1,16-17H2. The van der Waals surface area contributed by atoms with E-state index < -0.39 is 0 Å². The Morgan fingerprint density at radius 3 is 2.12 bits per heavy atom. The first-order valence-corrected chi connectivity index (χ1v) is 9.49. The quantitative estimate of drug-likeness (QED) is 0.233. The summed E-state index contributed by atoms with van der Waals surface area (Å²) < 4.78 is 1.98. The van der Waals surface area contributed by atoms with Gasteiger partial charge in [0, 0.05) is 23.6 Å². The van der Waals surface area contributed by atoms with Gasteiger partial charge in [0.1, 0.15) is 0 Å². The van der Waals surface area contributed by atoms with Crippen LogP contribution in [0.4, 0.5) is 0 Å². The first-order valence-electron chi connectivity index (χ1n) is 8.72. The summed E-state index contributed by atoms with van der Waals surface area (Å²) in [6, 6.07) is 29.8. The van der Waals surface area contributed by atoms with E-state index >= 15 is 0 Å². The summed E-state index contributed by atoms with van der Waals surface area (Å²) in [7, 11) is 0. The van der Waals surface area contributed by atoms with Crippen molar-refractivity contribution in [3.05, 3.63) is 90.5 Å². The van der Waals surface area contributed by atoms with Gasteiger partial charge in [-0.2, -0.15) is 5.10 Å². The Bertz CT molecular complexity index is 1050. The van der Waals surface area contributed by atoms with E-state index in [4.69, 9.17) is 0 Å². The first kappa shape index (κ1) is 16.7. The van der Waals surface area contributed by atoms with E-state index in [0.717, 1.165) is 13.0 Å². The van der Waals surface area contributed by atoms with Crippen molar-refractivity contribution in [3.8, 4) is 0 Å². The summed E-state index contributed by atoms with van der Waals surface area (Å²) in [5.41, 5.74) is 1.34. The maximum atomic E-state index is 4.23. The van der Waals surface area contributed by atoms with Crippen LogP contribution in [0.1, 0.15) is 5.56 Å². The summed E-state index contributed by atoms with van der Waals surface area (Å²) >= 11 is 1.65. The van der Waals surface area contributed by atoms with Crippen molar-refractivity contribution >= 4 is 40.2 Å². The fourth-order valence-electron chi connectivity index (χ4n) is 3.26. The van der Waals surface area contributed by atoms with Gasteiger partial charge in [-0.3, -0.25) is 0 Å². The number of rotatable bonds is 6. The molecule has 128 valence electrons. The molecule has 0 radical (unpaired) electrons. The van der Waals surface area contributed by atoms with Crippen LogP contribution in [0.2, 0.25) is 0 Å². The highest BCUT2D eigenvalue weighted by atomic mass is 32.2. The second kappa shape index (κ2) is 7.63. The minimum absolute atomic E-state index is 0.811. The number of hydrogen-bond acceptors (Lipinski definition) is 3. The highest BCUT2D eigenvalue weighted by molar-refractivity contribution is 7.97. The predicted molar refractivity (Wildman–Crippen MR) is 114 cm³/mol. The Morgan fingerprint density at radius 2 is 1.35 bits per heavy atom. The minimum Gasteiger partial charge on any atom is -0.234 e. The van der Waals surface area contributed by atoms with Crippen molar-refractivity contribution < 1.29 is 0 Å². The summed E-state index contributed by atoms with van der Waals surface area (Å²) in [5, 5.41) is 9.32. The highest BCUT2D eigenvalue weighted by Crippen LogP contribution is 2.31. The van der Waals surface area contributed by atoms with Crippen molar-refractivity contribution in [1.29, 1.82) is 0 Å². The number of fused-ring (bicyclic) bond motifs is 2. The molecule has 0 saturated heterocycles. The van der Waals surface area contributed by atoms with Crippen LogP contribution in [0, 0.1) is 0 Å². The van der Waals surface area contributed by atoms with Crippen molar-refractivity contribution in [2.75, 3.05) is 6.54 Å². The third-order valence-corrected chi connectivity index (χ3v) is 5.62. The molecule has 3 heteroatoms. The van der Waals surface area contributed by atoms with Crippen LogP contribution in [0.3, 0.4) is 0 Å². The van der Waals surface area contributed by atoms with E-state index in [1.165, 1.54) is 32.0 Å². The van der Waals surface area contributed by atoms with E-state index in [1.54, 1.807) is 11.9 Å². The topological polar surface area (TPSA) is 15.6 Å². The molecule has 4 aromatic carbocycles. The van der Waals surface area contributed by atoms with E-state index in [1.807, 2.05) is 4.41 Å². The lowest BCUT2D eigenvalue weighted by atomic mass is 10.0. The van der Waals surface area contributed by atoms with Crippen LogP contribution in [-0.2, 0) is 6.42 Å². The molecular weight excluding hydrogens is 336 g/mol. The van der Waals surface area contributed by atoms with Crippen LogP contribution in [0.25, 0.3) is 21.5 Å². The summed E-state index contributed by atoms with van der Waals surface area (Å²) in [6.45, 7) is 4.58. The third kappa shape index (κ3) is 3.44. The zero-order chi connectivity index (χ0) is 17.8. The van der Waals surface area contributed by atoms with E-state index in [0.29, 0.717) is 0 Å². The molecule has 0 amide bonds. The van der Waals surface area contributed by atoms with Crippen molar-refractivity contribution in [1.82, 2.24) is 4.41 Å². The highest BCUT2D eigenvalue weighted by Gasteiger charge is 2.08. The normalized spacial score (nSPS) is 10.9. The van der Waals surface area contributed by atoms with Gasteiger partial charge >= 0.3 is 0 Å². The average Bonchev–Trinajstić information content (AvgIpc) is 2.71. The molecule has 26 heavy (non-hydrogen) atoms. The average molecular weight is 356 g/mol. The van der Waals surface area contributed by atoms with E-state index in [9.17, 15) is 0 Å². The third-order valence-electron chi connectivity index (χ3n) is 4.56. The molecule has 2 nitrogen and oxygen atoms in total. The molecule has 0 aromatic heterocycles. The molecule has 0 aliphatic rings. The molecule has 0 aliphatic carbocycles. The molecule has 0 fully saturated rings. The molecular formula is C23H20N2S. The van der Waals surface area contributed by atoms with Crippen molar-refractivity contribution in [3.63, 3.8) is 0 Å². The maximum Gasteiger partial charge on any atom is 0.0526 e. The van der Waals surface area contributed by atoms with Crippen molar-refractivity contribution in [2.45, 2.75) is 11.3 Å². The van der Waals surface area contributed by atoms with Crippen molar-refractivity contribution in [2.24, 2.45) is 5.10 Å². The number of benzene rings is 4.